The molecule has 30 heavy (non-hydrogen) atoms. The van der Waals surface area contributed by atoms with Crippen molar-refractivity contribution in [2.45, 2.75) is 0 Å². The Balaban J connectivity index is 0.000000232. The lowest BCUT2D eigenvalue weighted by Crippen LogP contribution is -2.11. The highest BCUT2D eigenvalue weighted by Gasteiger charge is 2.09. The van der Waals surface area contributed by atoms with Gasteiger partial charge in [-0.15, -0.1) is 0 Å². The number of nitrogens with zero attached hydrogens (tertiary/aromatic N) is 3. The number of nitrogens with one attached hydrogen (secondary N) is 1. The Hall–Kier alpha value is -4.67. The predicted octanol–water partition coefficient (Wildman–Crippen LogP) is 3.54. The van der Waals surface area contributed by atoms with E-state index in [1.54, 1.807) is 24.5 Å². The molecule has 0 aliphatic rings. The first kappa shape index (κ1) is 21.6. The van der Waals surface area contributed by atoms with Gasteiger partial charge in [-0.3, -0.25) is 30.0 Å². The number of aromatic carboxylic acids is 1. The summed E-state index contributed by atoms with van der Waals surface area (Å²) in [5.74, 6) is -1.42. The number of non-ortho nitro benzene ring substituents is 2. The van der Waals surface area contributed by atoms with Gasteiger partial charge in [0.25, 0.3) is 17.3 Å². The molecule has 0 bridgehead atoms. The Morgan fingerprint density at radius 3 is 1.60 bits per heavy atom. The summed E-state index contributed by atoms with van der Waals surface area (Å²) < 4.78 is 0. The molecule has 1 heterocycles. The smallest absolute Gasteiger partial charge is 0.335 e. The molecule has 3 aromatic rings. The molecule has 0 aliphatic carbocycles. The molecule has 152 valence electrons. The second-order valence-electron chi connectivity index (χ2n) is 5.60. The van der Waals surface area contributed by atoms with E-state index in [4.69, 9.17) is 5.11 Å². The Morgan fingerprint density at radius 1 is 0.767 bits per heavy atom. The normalized spacial score (nSPS) is 9.60. The average molecular weight is 410 g/mol. The van der Waals surface area contributed by atoms with Gasteiger partial charge in [-0.05, 0) is 36.4 Å². The zero-order valence-corrected chi connectivity index (χ0v) is 15.2. The first-order valence-electron chi connectivity index (χ1n) is 8.21. The van der Waals surface area contributed by atoms with Gasteiger partial charge in [-0.1, -0.05) is 0 Å². The number of amides is 1. The maximum absolute atomic E-state index is 11.8. The number of nitro benzene ring substituents is 2. The molecule has 0 saturated carbocycles. The zero-order valence-electron chi connectivity index (χ0n) is 15.2. The van der Waals surface area contributed by atoms with Crippen molar-refractivity contribution in [3.8, 4) is 0 Å². The number of nitro groups is 2. The predicted molar refractivity (Wildman–Crippen MR) is 105 cm³/mol. The van der Waals surface area contributed by atoms with Crippen molar-refractivity contribution in [1.29, 1.82) is 0 Å². The lowest BCUT2D eigenvalue weighted by atomic mass is 10.2. The van der Waals surface area contributed by atoms with E-state index in [1.165, 1.54) is 36.4 Å². The van der Waals surface area contributed by atoms with Crippen LogP contribution in [0.15, 0.2) is 73.1 Å². The van der Waals surface area contributed by atoms with Crippen molar-refractivity contribution in [1.82, 2.24) is 4.98 Å². The molecule has 1 amide bonds. The summed E-state index contributed by atoms with van der Waals surface area (Å²) in [6, 6.07) is 13.4. The van der Waals surface area contributed by atoms with Crippen LogP contribution in [0.2, 0.25) is 0 Å². The van der Waals surface area contributed by atoms with Crippen molar-refractivity contribution < 1.29 is 24.5 Å². The fourth-order valence-electron chi connectivity index (χ4n) is 2.10. The summed E-state index contributed by atoms with van der Waals surface area (Å²) in [7, 11) is 0. The molecule has 3 rings (SSSR count). The van der Waals surface area contributed by atoms with E-state index in [-0.39, 0.29) is 22.8 Å². The van der Waals surface area contributed by atoms with Gasteiger partial charge in [-0.25, -0.2) is 4.79 Å². The van der Waals surface area contributed by atoms with E-state index < -0.39 is 15.8 Å². The fourth-order valence-corrected chi connectivity index (χ4v) is 2.10. The summed E-state index contributed by atoms with van der Waals surface area (Å²) in [5.41, 5.74) is 0.863. The van der Waals surface area contributed by atoms with Crippen LogP contribution in [0.25, 0.3) is 0 Å². The number of hydrogen-bond acceptors (Lipinski definition) is 7. The van der Waals surface area contributed by atoms with Crippen LogP contribution in [0, 0.1) is 20.2 Å². The number of carbonyl (C=O) groups excluding carboxylic acids is 1. The van der Waals surface area contributed by atoms with Crippen molar-refractivity contribution in [3.05, 3.63) is 104 Å². The average Bonchev–Trinajstić information content (AvgIpc) is 2.75. The number of rotatable bonds is 5. The molecule has 11 heteroatoms. The Labute approximate surface area is 168 Å². The van der Waals surface area contributed by atoms with Crippen molar-refractivity contribution in [3.63, 3.8) is 0 Å². The number of benzene rings is 2. The van der Waals surface area contributed by atoms with Crippen LogP contribution >= 0.6 is 0 Å². The highest BCUT2D eigenvalue weighted by atomic mass is 16.6. The molecule has 0 fully saturated rings. The van der Waals surface area contributed by atoms with Gasteiger partial charge in [0.1, 0.15) is 0 Å². The summed E-state index contributed by atoms with van der Waals surface area (Å²) >= 11 is 0. The Kier molecular flexibility index (Phi) is 7.23. The highest BCUT2D eigenvalue weighted by molar-refractivity contribution is 6.04. The number of pyridine rings is 1. The third kappa shape index (κ3) is 6.20. The maximum atomic E-state index is 11.8. The number of carboxylic acids is 1. The molecule has 0 unspecified atom stereocenters. The molecule has 1 aromatic heterocycles. The minimum absolute atomic E-state index is 0.0422. The molecular weight excluding hydrogens is 396 g/mol. The van der Waals surface area contributed by atoms with E-state index in [2.05, 4.69) is 10.3 Å². The van der Waals surface area contributed by atoms with Crippen LogP contribution in [0.1, 0.15) is 20.7 Å². The molecule has 0 aliphatic heterocycles. The van der Waals surface area contributed by atoms with Crippen molar-refractivity contribution in [2.24, 2.45) is 0 Å². The quantitative estimate of drug-likeness (QED) is 0.476. The first-order chi connectivity index (χ1) is 14.3. The molecule has 2 aromatic carbocycles. The SMILES string of the molecule is O=C(Nc1ccncc1)c1ccc([N+](=O)[O-])cc1.O=C(O)c1ccc([N+](=O)[O-])cc1. The number of hydrogen-bond donors (Lipinski definition) is 2. The van der Waals surface area contributed by atoms with Crippen LogP contribution < -0.4 is 5.32 Å². The van der Waals surface area contributed by atoms with Crippen LogP contribution in [-0.2, 0) is 0 Å². The molecule has 0 spiro atoms. The second-order valence-corrected chi connectivity index (χ2v) is 5.60. The van der Waals surface area contributed by atoms with Gasteiger partial charge in [0.15, 0.2) is 0 Å². The number of carbonyl (C=O) groups is 2. The molecule has 0 radical (unpaired) electrons. The zero-order chi connectivity index (χ0) is 22.1. The second kappa shape index (κ2) is 10.0. The van der Waals surface area contributed by atoms with Gasteiger partial charge >= 0.3 is 5.97 Å². The molecule has 0 atom stereocenters. The molecular formula is C19H14N4O7. The number of aromatic nitrogens is 1. The van der Waals surface area contributed by atoms with E-state index >= 15 is 0 Å². The summed E-state index contributed by atoms with van der Waals surface area (Å²) in [6.45, 7) is 0. The van der Waals surface area contributed by atoms with E-state index in [0.717, 1.165) is 12.1 Å². The lowest BCUT2D eigenvalue weighted by molar-refractivity contribution is -0.385. The topological polar surface area (TPSA) is 166 Å². The Bertz CT molecular complexity index is 1020. The van der Waals surface area contributed by atoms with Crippen LogP contribution in [0.4, 0.5) is 17.1 Å². The van der Waals surface area contributed by atoms with Crippen molar-refractivity contribution >= 4 is 28.9 Å². The number of carboxylic acid groups (broad SMARTS) is 1. The molecule has 0 saturated heterocycles. The standard InChI is InChI=1S/C12H9N3O3.C7H5NO4/c16-12(14-10-5-7-13-8-6-10)9-1-3-11(4-2-9)15(17)18;9-7(10)5-1-3-6(4-2-5)8(11)12/h1-8H,(H,13,14,16);1-4H,(H,9,10). The van der Waals surface area contributed by atoms with E-state index in [9.17, 15) is 29.8 Å². The molecule has 2 N–H and O–H groups in total. The summed E-state index contributed by atoms with van der Waals surface area (Å²) in [6.07, 6.45) is 3.12. The maximum Gasteiger partial charge on any atom is 0.335 e. The monoisotopic (exact) mass is 410 g/mol. The summed E-state index contributed by atoms with van der Waals surface area (Å²) in [5, 5.41) is 31.7. The third-order valence-corrected chi connectivity index (χ3v) is 3.60. The van der Waals surface area contributed by atoms with Crippen LogP contribution in [-0.4, -0.2) is 31.8 Å². The van der Waals surface area contributed by atoms with Gasteiger partial charge in [-0.2, -0.15) is 0 Å². The van der Waals surface area contributed by atoms with E-state index in [1.807, 2.05) is 0 Å². The van der Waals surface area contributed by atoms with Crippen molar-refractivity contribution in [2.75, 3.05) is 5.32 Å². The van der Waals surface area contributed by atoms with Crippen LogP contribution in [0.3, 0.4) is 0 Å². The number of anilines is 1. The van der Waals surface area contributed by atoms with Gasteiger partial charge in [0, 0.05) is 47.9 Å². The van der Waals surface area contributed by atoms with Crippen LogP contribution in [0.5, 0.6) is 0 Å². The lowest BCUT2D eigenvalue weighted by Gasteiger charge is -2.04. The van der Waals surface area contributed by atoms with E-state index in [0.29, 0.717) is 11.3 Å². The largest absolute Gasteiger partial charge is 0.478 e. The minimum Gasteiger partial charge on any atom is -0.478 e. The third-order valence-electron chi connectivity index (χ3n) is 3.60. The highest BCUT2D eigenvalue weighted by Crippen LogP contribution is 2.14. The first-order valence-corrected chi connectivity index (χ1v) is 8.21. The van der Waals surface area contributed by atoms with Gasteiger partial charge < -0.3 is 10.4 Å². The molecule has 11 nitrogen and oxygen atoms in total. The fraction of sp³-hybridized carbons (Fsp3) is 0. The summed E-state index contributed by atoms with van der Waals surface area (Å²) in [4.78, 5) is 45.5. The van der Waals surface area contributed by atoms with Gasteiger partial charge in [0.05, 0.1) is 15.4 Å². The minimum atomic E-state index is -1.09. The van der Waals surface area contributed by atoms with Gasteiger partial charge in [0.2, 0.25) is 0 Å². The Morgan fingerprint density at radius 2 is 1.20 bits per heavy atom.